The van der Waals surface area contributed by atoms with Gasteiger partial charge in [0.1, 0.15) is 11.5 Å². The summed E-state index contributed by atoms with van der Waals surface area (Å²) in [7, 11) is 0. The number of carbonyl (C=O) groups excluding carboxylic acids is 2. The van der Waals surface area contributed by atoms with Crippen molar-refractivity contribution in [3.05, 3.63) is 22.7 Å². The number of ketones is 2. The van der Waals surface area contributed by atoms with Gasteiger partial charge in [0.05, 0.1) is 0 Å². The molecule has 0 spiro atoms. The smallest absolute Gasteiger partial charge is 0.203 e. The van der Waals surface area contributed by atoms with E-state index in [0.29, 0.717) is 24.0 Å². The van der Waals surface area contributed by atoms with Crippen LogP contribution in [0.3, 0.4) is 0 Å². The lowest BCUT2D eigenvalue weighted by Crippen LogP contribution is -2.22. The van der Waals surface area contributed by atoms with Crippen molar-refractivity contribution in [3.63, 3.8) is 0 Å². The van der Waals surface area contributed by atoms with Crippen molar-refractivity contribution in [1.82, 2.24) is 0 Å². The summed E-state index contributed by atoms with van der Waals surface area (Å²) in [5.41, 5.74) is 0.695. The Bertz CT molecular complexity index is 560. The molecule has 1 aliphatic heterocycles. The Morgan fingerprint density at radius 1 is 1.25 bits per heavy atom. The molecule has 1 heterocycles. The fraction of sp³-hybridized carbons (Fsp3) is 0.625. The van der Waals surface area contributed by atoms with E-state index in [1.165, 1.54) is 0 Å². The van der Waals surface area contributed by atoms with E-state index in [0.717, 1.165) is 18.6 Å². The van der Waals surface area contributed by atoms with Crippen molar-refractivity contribution in [2.45, 2.75) is 52.6 Å². The number of ether oxygens (including phenoxy) is 1. The number of aliphatic hydroxyl groups is 1. The standard InChI is InChI=1S/C16H20O4/c1-16(2,3)15(19)9-7-8-12-10(17)5-4-6-11(12)20-14(8)13(9)18/h8,14,19H,4-7H2,1-3H3/b15-9-/t8-,14+/m0/s1. The number of hydrogen-bond acceptors (Lipinski definition) is 4. The molecule has 4 heteroatoms. The Hall–Kier alpha value is -1.58. The van der Waals surface area contributed by atoms with Gasteiger partial charge in [-0.05, 0) is 12.8 Å². The lowest BCUT2D eigenvalue weighted by molar-refractivity contribution is -0.122. The zero-order valence-electron chi connectivity index (χ0n) is 12.2. The van der Waals surface area contributed by atoms with Crippen LogP contribution in [0.5, 0.6) is 0 Å². The minimum Gasteiger partial charge on any atom is -0.511 e. The van der Waals surface area contributed by atoms with Gasteiger partial charge < -0.3 is 9.84 Å². The lowest BCUT2D eigenvalue weighted by atomic mass is 9.86. The fourth-order valence-electron chi connectivity index (χ4n) is 3.36. The van der Waals surface area contributed by atoms with Crippen LogP contribution in [0.2, 0.25) is 0 Å². The summed E-state index contributed by atoms with van der Waals surface area (Å²) < 4.78 is 5.73. The molecule has 2 aliphatic carbocycles. The fourth-order valence-corrected chi connectivity index (χ4v) is 3.36. The third kappa shape index (κ3) is 1.81. The van der Waals surface area contributed by atoms with Gasteiger partial charge in [-0.3, -0.25) is 9.59 Å². The second-order valence-electron chi connectivity index (χ2n) is 6.90. The number of Topliss-reactive ketones (excluding diaryl/α,β-unsaturated/α-hetero) is 2. The molecule has 0 aromatic heterocycles. The Labute approximate surface area is 118 Å². The average Bonchev–Trinajstić information content (AvgIpc) is 2.86. The number of hydrogen-bond donors (Lipinski definition) is 1. The Morgan fingerprint density at radius 2 is 1.95 bits per heavy atom. The van der Waals surface area contributed by atoms with Crippen molar-refractivity contribution in [2.75, 3.05) is 0 Å². The highest BCUT2D eigenvalue weighted by molar-refractivity contribution is 6.07. The third-order valence-electron chi connectivity index (χ3n) is 4.39. The van der Waals surface area contributed by atoms with Gasteiger partial charge in [0.15, 0.2) is 11.9 Å². The SMILES string of the molecule is CC(C)(C)/C(O)=C1\C[C@H]2C3=C(CCCC3=O)O[C@H]2C1=O. The topological polar surface area (TPSA) is 63.6 Å². The van der Waals surface area contributed by atoms with Gasteiger partial charge in [-0.25, -0.2) is 0 Å². The molecule has 3 aliphatic rings. The number of fused-ring (bicyclic) bond motifs is 2. The molecule has 1 fully saturated rings. The van der Waals surface area contributed by atoms with E-state index in [2.05, 4.69) is 0 Å². The van der Waals surface area contributed by atoms with E-state index in [1.54, 1.807) is 0 Å². The minimum absolute atomic E-state index is 0.114. The summed E-state index contributed by atoms with van der Waals surface area (Å²) in [4.78, 5) is 24.5. The molecule has 108 valence electrons. The predicted octanol–water partition coefficient (Wildman–Crippen LogP) is 2.84. The Kier molecular flexibility index (Phi) is 2.82. The predicted molar refractivity (Wildman–Crippen MR) is 73.0 cm³/mol. The van der Waals surface area contributed by atoms with Crippen LogP contribution in [0.25, 0.3) is 0 Å². The summed E-state index contributed by atoms with van der Waals surface area (Å²) in [5.74, 6) is 0.641. The average molecular weight is 276 g/mol. The molecule has 1 N–H and O–H groups in total. The van der Waals surface area contributed by atoms with Gasteiger partial charge in [0, 0.05) is 35.3 Å². The van der Waals surface area contributed by atoms with Crippen molar-refractivity contribution in [3.8, 4) is 0 Å². The van der Waals surface area contributed by atoms with Gasteiger partial charge in [0.25, 0.3) is 0 Å². The second kappa shape index (κ2) is 4.21. The molecular formula is C16H20O4. The first kappa shape index (κ1) is 13.4. The molecule has 2 atom stereocenters. The maximum atomic E-state index is 12.4. The summed E-state index contributed by atoms with van der Waals surface area (Å²) in [6.45, 7) is 5.61. The zero-order chi connectivity index (χ0) is 14.7. The van der Waals surface area contributed by atoms with Crippen LogP contribution >= 0.6 is 0 Å². The molecule has 0 unspecified atom stereocenters. The highest BCUT2D eigenvalue weighted by Crippen LogP contribution is 2.48. The monoisotopic (exact) mass is 276 g/mol. The van der Waals surface area contributed by atoms with Crippen LogP contribution < -0.4 is 0 Å². The normalized spacial score (nSPS) is 32.1. The quantitative estimate of drug-likeness (QED) is 0.546. The molecule has 0 radical (unpaired) electrons. The van der Waals surface area contributed by atoms with Crippen LogP contribution in [-0.2, 0) is 14.3 Å². The molecule has 0 saturated heterocycles. The van der Waals surface area contributed by atoms with E-state index < -0.39 is 11.5 Å². The number of rotatable bonds is 0. The summed E-state index contributed by atoms with van der Waals surface area (Å²) in [5, 5.41) is 10.3. The highest BCUT2D eigenvalue weighted by Gasteiger charge is 2.51. The van der Waals surface area contributed by atoms with Crippen LogP contribution in [0.4, 0.5) is 0 Å². The molecule has 0 amide bonds. The molecule has 0 bridgehead atoms. The first-order valence-electron chi connectivity index (χ1n) is 7.20. The second-order valence-corrected chi connectivity index (χ2v) is 6.90. The van der Waals surface area contributed by atoms with Gasteiger partial charge in [-0.2, -0.15) is 0 Å². The van der Waals surface area contributed by atoms with Crippen LogP contribution in [-0.4, -0.2) is 22.8 Å². The van der Waals surface area contributed by atoms with Crippen LogP contribution in [0.15, 0.2) is 22.7 Å². The Balaban J connectivity index is 1.98. The van der Waals surface area contributed by atoms with Crippen molar-refractivity contribution in [1.29, 1.82) is 0 Å². The van der Waals surface area contributed by atoms with E-state index in [-0.39, 0.29) is 23.2 Å². The Morgan fingerprint density at radius 3 is 2.60 bits per heavy atom. The van der Waals surface area contributed by atoms with Crippen molar-refractivity contribution in [2.24, 2.45) is 11.3 Å². The molecule has 4 nitrogen and oxygen atoms in total. The van der Waals surface area contributed by atoms with Crippen molar-refractivity contribution >= 4 is 11.6 Å². The molecule has 1 saturated carbocycles. The van der Waals surface area contributed by atoms with Gasteiger partial charge in [-0.1, -0.05) is 20.8 Å². The molecule has 0 aromatic rings. The minimum atomic E-state index is -0.582. The first-order chi connectivity index (χ1) is 9.30. The zero-order valence-corrected chi connectivity index (χ0v) is 12.2. The summed E-state index contributed by atoms with van der Waals surface area (Å²) in [6, 6.07) is 0. The summed E-state index contributed by atoms with van der Waals surface area (Å²) >= 11 is 0. The van der Waals surface area contributed by atoms with Crippen LogP contribution in [0, 0.1) is 11.3 Å². The highest BCUT2D eigenvalue weighted by atomic mass is 16.5. The molecule has 20 heavy (non-hydrogen) atoms. The molecule has 0 aromatic carbocycles. The number of carbonyl (C=O) groups is 2. The van der Waals surface area contributed by atoms with Gasteiger partial charge >= 0.3 is 0 Å². The van der Waals surface area contributed by atoms with E-state index in [9.17, 15) is 14.7 Å². The van der Waals surface area contributed by atoms with E-state index in [4.69, 9.17) is 4.74 Å². The maximum Gasteiger partial charge on any atom is 0.203 e. The number of allylic oxidation sites excluding steroid dienone is 2. The molecule has 3 rings (SSSR count). The van der Waals surface area contributed by atoms with Gasteiger partial charge in [-0.15, -0.1) is 0 Å². The first-order valence-corrected chi connectivity index (χ1v) is 7.20. The lowest BCUT2D eigenvalue weighted by Gasteiger charge is -2.20. The van der Waals surface area contributed by atoms with Crippen molar-refractivity contribution < 1.29 is 19.4 Å². The van der Waals surface area contributed by atoms with E-state index in [1.807, 2.05) is 20.8 Å². The maximum absolute atomic E-state index is 12.4. The van der Waals surface area contributed by atoms with E-state index >= 15 is 0 Å². The largest absolute Gasteiger partial charge is 0.511 e. The number of aliphatic hydroxyl groups excluding tert-OH is 1. The summed E-state index contributed by atoms with van der Waals surface area (Å²) in [6.07, 6.45) is 1.95. The molecular weight excluding hydrogens is 256 g/mol. The third-order valence-corrected chi connectivity index (χ3v) is 4.39. The van der Waals surface area contributed by atoms with Crippen LogP contribution in [0.1, 0.15) is 46.5 Å². The van der Waals surface area contributed by atoms with Gasteiger partial charge in [0.2, 0.25) is 5.78 Å².